The second-order valence-electron chi connectivity index (χ2n) is 8.31. The Hall–Kier alpha value is -3.52. The molecule has 3 aromatic carbocycles. The number of nitrogens with one attached hydrogen (secondary N) is 2. The number of hydrogen-bond acceptors (Lipinski definition) is 4. The van der Waals surface area contributed by atoms with Crippen molar-refractivity contribution in [1.29, 1.82) is 0 Å². The van der Waals surface area contributed by atoms with E-state index in [0.717, 1.165) is 28.8 Å². The van der Waals surface area contributed by atoms with Crippen molar-refractivity contribution in [3.63, 3.8) is 0 Å². The van der Waals surface area contributed by atoms with Gasteiger partial charge in [-0.3, -0.25) is 10.1 Å². The number of fused-ring (bicyclic) bond motifs is 1. The van der Waals surface area contributed by atoms with Gasteiger partial charge in [-0.15, -0.1) is 0 Å². The largest absolute Gasteiger partial charge is 0.486 e. The Labute approximate surface area is 202 Å². The summed E-state index contributed by atoms with van der Waals surface area (Å²) in [5, 5.41) is 6.17. The highest BCUT2D eigenvalue weighted by Gasteiger charge is 2.30. The van der Waals surface area contributed by atoms with Crippen LogP contribution in [0.25, 0.3) is 0 Å². The molecule has 0 spiro atoms. The first-order valence-electron chi connectivity index (χ1n) is 11.4. The van der Waals surface area contributed by atoms with Gasteiger partial charge in [0.2, 0.25) is 5.91 Å². The summed E-state index contributed by atoms with van der Waals surface area (Å²) in [5.41, 5.74) is 1.81. The van der Waals surface area contributed by atoms with Crippen LogP contribution in [-0.4, -0.2) is 26.2 Å². The number of hydrogen-bond donors (Lipinski definition) is 2. The summed E-state index contributed by atoms with van der Waals surface area (Å²) in [6.45, 7) is 0.930. The van der Waals surface area contributed by atoms with E-state index in [1.54, 1.807) is 7.05 Å². The van der Waals surface area contributed by atoms with E-state index in [1.165, 1.54) is 12.1 Å². The van der Waals surface area contributed by atoms with E-state index in [9.17, 15) is 18.0 Å². The van der Waals surface area contributed by atoms with Crippen LogP contribution in [0.4, 0.5) is 13.2 Å². The normalized spacial score (nSPS) is 14.7. The molecule has 35 heavy (non-hydrogen) atoms. The van der Waals surface area contributed by atoms with Crippen LogP contribution in [0.15, 0.2) is 72.8 Å². The summed E-state index contributed by atoms with van der Waals surface area (Å²) in [5.74, 6) is 1.10. The van der Waals surface area contributed by atoms with Crippen LogP contribution in [0.3, 0.4) is 0 Å². The van der Waals surface area contributed by atoms with Crippen LogP contribution < -0.4 is 20.1 Å². The third-order valence-electron chi connectivity index (χ3n) is 5.98. The third kappa shape index (κ3) is 6.14. The molecule has 0 fully saturated rings. The average molecular weight is 485 g/mol. The first kappa shape index (κ1) is 24.6. The Morgan fingerprint density at radius 3 is 2.26 bits per heavy atom. The molecule has 0 radical (unpaired) electrons. The first-order chi connectivity index (χ1) is 16.8. The van der Waals surface area contributed by atoms with Gasteiger partial charge < -0.3 is 14.8 Å². The zero-order valence-corrected chi connectivity index (χ0v) is 19.3. The molecule has 3 aromatic rings. The highest BCUT2D eigenvalue weighted by atomic mass is 19.4. The van der Waals surface area contributed by atoms with Gasteiger partial charge in [0.05, 0.1) is 5.56 Å². The lowest BCUT2D eigenvalue weighted by atomic mass is 9.95. The fourth-order valence-electron chi connectivity index (χ4n) is 4.11. The highest BCUT2D eigenvalue weighted by Crippen LogP contribution is 2.35. The molecule has 1 aliphatic heterocycles. The second-order valence-corrected chi connectivity index (χ2v) is 8.31. The summed E-state index contributed by atoms with van der Waals surface area (Å²) in [6.07, 6.45) is -3.31. The second kappa shape index (κ2) is 10.8. The molecule has 4 rings (SSSR count). The van der Waals surface area contributed by atoms with Crippen LogP contribution in [0.2, 0.25) is 0 Å². The number of ether oxygens (including phenoxy) is 2. The number of rotatable bonds is 8. The van der Waals surface area contributed by atoms with E-state index < -0.39 is 17.8 Å². The van der Waals surface area contributed by atoms with Gasteiger partial charge in [0.25, 0.3) is 0 Å². The first-order valence-corrected chi connectivity index (χ1v) is 11.4. The molecule has 1 unspecified atom stereocenters. The molecular weight excluding hydrogens is 457 g/mol. The van der Waals surface area contributed by atoms with E-state index in [-0.39, 0.29) is 11.9 Å². The van der Waals surface area contributed by atoms with Crippen LogP contribution in [0.5, 0.6) is 11.5 Å². The lowest BCUT2D eigenvalue weighted by Crippen LogP contribution is -2.38. The standard InChI is InChI=1S/C27H27F3N2O3/c1-31-26(33)25(19-5-3-2-4-6-19)32-22(20-10-14-23-24(17-20)35-16-15-34-23)13-9-18-7-11-21(12-8-18)27(28,29)30/h2-8,10-12,14,17,22,25,32H,9,13,15-16H2,1H3,(H,31,33)/t22-,25?/m0/s1. The molecule has 2 N–H and O–H groups in total. The lowest BCUT2D eigenvalue weighted by Gasteiger charge is -2.27. The van der Waals surface area contributed by atoms with E-state index in [2.05, 4.69) is 10.6 Å². The van der Waals surface area contributed by atoms with Crippen LogP contribution >= 0.6 is 0 Å². The van der Waals surface area contributed by atoms with Crippen LogP contribution in [-0.2, 0) is 17.4 Å². The number of benzene rings is 3. The minimum atomic E-state index is -4.37. The number of carbonyl (C=O) groups is 1. The van der Waals surface area contributed by atoms with E-state index >= 15 is 0 Å². The fraction of sp³-hybridized carbons (Fsp3) is 0.296. The van der Waals surface area contributed by atoms with Gasteiger partial charge in [-0.2, -0.15) is 13.2 Å². The Morgan fingerprint density at radius 2 is 1.60 bits per heavy atom. The number of halogens is 3. The predicted molar refractivity (Wildman–Crippen MR) is 126 cm³/mol. The smallest absolute Gasteiger partial charge is 0.416 e. The highest BCUT2D eigenvalue weighted by molar-refractivity contribution is 5.83. The molecule has 1 aliphatic rings. The SMILES string of the molecule is CNC(=O)C(N[C@@H](CCc1ccc(C(F)(F)F)cc1)c1ccc2c(c1)OCCO2)c1ccccc1. The molecule has 0 saturated heterocycles. The van der Waals surface area contributed by atoms with Crippen molar-refractivity contribution in [3.8, 4) is 11.5 Å². The molecule has 1 amide bonds. The van der Waals surface area contributed by atoms with Crippen molar-refractivity contribution in [2.24, 2.45) is 0 Å². The van der Waals surface area contributed by atoms with E-state index in [4.69, 9.17) is 9.47 Å². The van der Waals surface area contributed by atoms with Gasteiger partial charge in [-0.25, -0.2) is 0 Å². The summed E-state index contributed by atoms with van der Waals surface area (Å²) >= 11 is 0. The quantitative estimate of drug-likeness (QED) is 0.460. The minimum absolute atomic E-state index is 0.187. The maximum Gasteiger partial charge on any atom is 0.416 e. The van der Waals surface area contributed by atoms with Gasteiger partial charge in [-0.05, 0) is 53.8 Å². The predicted octanol–water partition coefficient (Wildman–Crippen LogP) is 5.23. The molecule has 5 nitrogen and oxygen atoms in total. The summed E-state index contributed by atoms with van der Waals surface area (Å²) in [4.78, 5) is 12.8. The summed E-state index contributed by atoms with van der Waals surface area (Å²) in [6, 6.07) is 19.3. The van der Waals surface area contributed by atoms with E-state index in [1.807, 2.05) is 48.5 Å². The molecule has 2 atom stereocenters. The summed E-state index contributed by atoms with van der Waals surface area (Å²) in [7, 11) is 1.58. The van der Waals surface area contributed by atoms with Crippen molar-refractivity contribution in [2.45, 2.75) is 31.1 Å². The fourth-order valence-corrected chi connectivity index (χ4v) is 4.11. The number of aryl methyl sites for hydroxylation is 1. The summed E-state index contributed by atoms with van der Waals surface area (Å²) < 4.78 is 50.2. The molecule has 8 heteroatoms. The van der Waals surface area contributed by atoms with Gasteiger partial charge in [-0.1, -0.05) is 48.5 Å². The molecule has 0 aromatic heterocycles. The maximum absolute atomic E-state index is 12.9. The van der Waals surface area contributed by atoms with Gasteiger partial charge >= 0.3 is 6.18 Å². The van der Waals surface area contributed by atoms with Gasteiger partial charge in [0.15, 0.2) is 11.5 Å². The lowest BCUT2D eigenvalue weighted by molar-refractivity contribution is -0.137. The Kier molecular flexibility index (Phi) is 7.60. The van der Waals surface area contributed by atoms with Crippen molar-refractivity contribution in [1.82, 2.24) is 10.6 Å². The van der Waals surface area contributed by atoms with Crippen molar-refractivity contribution >= 4 is 5.91 Å². The molecule has 0 aliphatic carbocycles. The number of carbonyl (C=O) groups excluding carboxylic acids is 1. The number of amides is 1. The Balaban J connectivity index is 1.60. The minimum Gasteiger partial charge on any atom is -0.486 e. The van der Waals surface area contributed by atoms with Gasteiger partial charge in [0, 0.05) is 13.1 Å². The van der Waals surface area contributed by atoms with Crippen molar-refractivity contribution < 1.29 is 27.4 Å². The van der Waals surface area contributed by atoms with Crippen molar-refractivity contribution in [3.05, 3.63) is 95.1 Å². The Bertz CT molecular complexity index is 1130. The zero-order valence-electron chi connectivity index (χ0n) is 19.3. The molecule has 184 valence electrons. The molecular formula is C27H27F3N2O3. The topological polar surface area (TPSA) is 59.6 Å². The third-order valence-corrected chi connectivity index (χ3v) is 5.98. The number of alkyl halides is 3. The van der Waals surface area contributed by atoms with Gasteiger partial charge in [0.1, 0.15) is 19.3 Å². The molecule has 0 saturated carbocycles. The molecule has 1 heterocycles. The average Bonchev–Trinajstić information content (AvgIpc) is 2.88. The molecule has 0 bridgehead atoms. The zero-order chi connectivity index (χ0) is 24.8. The maximum atomic E-state index is 12.9. The van der Waals surface area contributed by atoms with Crippen molar-refractivity contribution in [2.75, 3.05) is 20.3 Å². The number of likely N-dealkylation sites (N-methyl/N-ethyl adjacent to an activating group) is 1. The monoisotopic (exact) mass is 484 g/mol. The Morgan fingerprint density at radius 1 is 0.914 bits per heavy atom. The van der Waals surface area contributed by atoms with Crippen LogP contribution in [0.1, 0.15) is 40.8 Å². The van der Waals surface area contributed by atoms with Crippen LogP contribution in [0, 0.1) is 0 Å². The van der Waals surface area contributed by atoms with E-state index in [0.29, 0.717) is 37.6 Å².